The van der Waals surface area contributed by atoms with E-state index >= 15 is 0 Å². The van der Waals surface area contributed by atoms with Gasteiger partial charge in [0.05, 0.1) is 0 Å². The third-order valence-corrected chi connectivity index (χ3v) is 2.64. The third-order valence-electron chi connectivity index (χ3n) is 2.64. The SMILES string of the molecule is CCNC(C)CCN(C)C1CC1. The summed E-state index contributed by atoms with van der Waals surface area (Å²) in [4.78, 5) is 2.49. The number of nitrogens with one attached hydrogen (secondary N) is 1. The highest BCUT2D eigenvalue weighted by Crippen LogP contribution is 2.25. The Labute approximate surface area is 76.3 Å². The highest BCUT2D eigenvalue weighted by Gasteiger charge is 2.25. The van der Waals surface area contributed by atoms with Gasteiger partial charge in [0.2, 0.25) is 0 Å². The van der Waals surface area contributed by atoms with Crippen LogP contribution in [-0.4, -0.2) is 37.1 Å². The molecule has 0 aromatic heterocycles. The molecule has 0 amide bonds. The minimum atomic E-state index is 0.677. The predicted octanol–water partition coefficient (Wildman–Crippen LogP) is 1.47. The molecule has 1 aliphatic rings. The van der Waals surface area contributed by atoms with Crippen molar-refractivity contribution in [1.29, 1.82) is 0 Å². The minimum Gasteiger partial charge on any atom is -0.314 e. The van der Waals surface area contributed by atoms with Gasteiger partial charge >= 0.3 is 0 Å². The van der Waals surface area contributed by atoms with E-state index in [4.69, 9.17) is 0 Å². The van der Waals surface area contributed by atoms with Gasteiger partial charge in [0.1, 0.15) is 0 Å². The normalized spacial score (nSPS) is 20.0. The fraction of sp³-hybridized carbons (Fsp3) is 1.00. The predicted molar refractivity (Wildman–Crippen MR) is 53.4 cm³/mol. The van der Waals surface area contributed by atoms with E-state index in [1.807, 2.05) is 0 Å². The maximum absolute atomic E-state index is 3.43. The zero-order valence-electron chi connectivity index (χ0n) is 8.64. The molecule has 1 rings (SSSR count). The zero-order chi connectivity index (χ0) is 8.97. The summed E-state index contributed by atoms with van der Waals surface area (Å²) in [7, 11) is 2.25. The van der Waals surface area contributed by atoms with Crippen molar-refractivity contribution in [2.24, 2.45) is 0 Å². The Morgan fingerprint density at radius 3 is 2.67 bits per heavy atom. The quantitative estimate of drug-likeness (QED) is 0.649. The van der Waals surface area contributed by atoms with Crippen molar-refractivity contribution in [3.05, 3.63) is 0 Å². The van der Waals surface area contributed by atoms with Gasteiger partial charge in [-0.2, -0.15) is 0 Å². The molecule has 1 saturated carbocycles. The average molecular weight is 170 g/mol. The summed E-state index contributed by atoms with van der Waals surface area (Å²) in [5.74, 6) is 0. The van der Waals surface area contributed by atoms with E-state index in [0.29, 0.717) is 6.04 Å². The molecule has 0 aromatic carbocycles. The van der Waals surface area contributed by atoms with Crippen LogP contribution in [0.1, 0.15) is 33.1 Å². The lowest BCUT2D eigenvalue weighted by molar-refractivity contribution is 0.302. The van der Waals surface area contributed by atoms with Crippen molar-refractivity contribution >= 4 is 0 Å². The summed E-state index contributed by atoms with van der Waals surface area (Å²) in [6, 6.07) is 1.59. The first-order chi connectivity index (χ1) is 5.74. The van der Waals surface area contributed by atoms with Crippen molar-refractivity contribution in [2.75, 3.05) is 20.1 Å². The van der Waals surface area contributed by atoms with Crippen LogP contribution >= 0.6 is 0 Å². The molecule has 0 spiro atoms. The van der Waals surface area contributed by atoms with Crippen molar-refractivity contribution in [3.8, 4) is 0 Å². The molecule has 1 unspecified atom stereocenters. The molecule has 2 nitrogen and oxygen atoms in total. The second-order valence-corrected chi connectivity index (χ2v) is 3.96. The number of hydrogen-bond donors (Lipinski definition) is 1. The first-order valence-corrected chi connectivity index (χ1v) is 5.17. The van der Waals surface area contributed by atoms with Gasteiger partial charge in [-0.1, -0.05) is 6.92 Å². The molecule has 0 saturated heterocycles. The van der Waals surface area contributed by atoms with Gasteiger partial charge in [0.15, 0.2) is 0 Å². The molecule has 72 valence electrons. The van der Waals surface area contributed by atoms with Gasteiger partial charge in [0.25, 0.3) is 0 Å². The fourth-order valence-corrected chi connectivity index (χ4v) is 1.55. The number of nitrogens with zero attached hydrogens (tertiary/aromatic N) is 1. The zero-order valence-corrected chi connectivity index (χ0v) is 8.64. The summed E-state index contributed by atoms with van der Waals surface area (Å²) < 4.78 is 0. The Balaban J connectivity index is 1.99. The molecule has 2 heteroatoms. The Morgan fingerprint density at radius 1 is 1.50 bits per heavy atom. The van der Waals surface area contributed by atoms with E-state index in [1.54, 1.807) is 0 Å². The maximum Gasteiger partial charge on any atom is 0.00933 e. The molecule has 0 bridgehead atoms. The second kappa shape index (κ2) is 4.83. The molecule has 12 heavy (non-hydrogen) atoms. The molecule has 0 aliphatic heterocycles. The van der Waals surface area contributed by atoms with Crippen LogP contribution in [0.2, 0.25) is 0 Å². The average Bonchev–Trinajstić information content (AvgIpc) is 2.83. The molecule has 1 N–H and O–H groups in total. The lowest BCUT2D eigenvalue weighted by atomic mass is 10.2. The minimum absolute atomic E-state index is 0.677. The van der Waals surface area contributed by atoms with Gasteiger partial charge in [0, 0.05) is 12.1 Å². The molecule has 0 radical (unpaired) electrons. The molecular formula is C10H22N2. The lowest BCUT2D eigenvalue weighted by Gasteiger charge is -2.18. The van der Waals surface area contributed by atoms with Crippen LogP contribution in [0.4, 0.5) is 0 Å². The standard InChI is InChI=1S/C10H22N2/c1-4-11-9(2)7-8-12(3)10-5-6-10/h9-11H,4-8H2,1-3H3. The molecular weight excluding hydrogens is 148 g/mol. The van der Waals surface area contributed by atoms with Crippen molar-refractivity contribution in [2.45, 2.75) is 45.2 Å². The second-order valence-electron chi connectivity index (χ2n) is 3.96. The van der Waals surface area contributed by atoms with Crippen molar-refractivity contribution in [1.82, 2.24) is 10.2 Å². The molecule has 1 aliphatic carbocycles. The Hall–Kier alpha value is -0.0800. The van der Waals surface area contributed by atoms with Crippen LogP contribution in [0.5, 0.6) is 0 Å². The molecule has 0 heterocycles. The van der Waals surface area contributed by atoms with Crippen LogP contribution < -0.4 is 5.32 Å². The number of rotatable bonds is 6. The maximum atomic E-state index is 3.43. The van der Waals surface area contributed by atoms with Crippen molar-refractivity contribution in [3.63, 3.8) is 0 Å². The van der Waals surface area contributed by atoms with E-state index in [1.165, 1.54) is 25.8 Å². The fourth-order valence-electron chi connectivity index (χ4n) is 1.55. The largest absolute Gasteiger partial charge is 0.314 e. The Kier molecular flexibility index (Phi) is 4.02. The highest BCUT2D eigenvalue weighted by atomic mass is 15.1. The van der Waals surface area contributed by atoms with Crippen LogP contribution in [-0.2, 0) is 0 Å². The first kappa shape index (κ1) is 10.0. The van der Waals surface area contributed by atoms with E-state index in [9.17, 15) is 0 Å². The van der Waals surface area contributed by atoms with E-state index in [2.05, 4.69) is 31.1 Å². The summed E-state index contributed by atoms with van der Waals surface area (Å²) >= 11 is 0. The summed E-state index contributed by atoms with van der Waals surface area (Å²) in [6.45, 7) is 6.78. The van der Waals surface area contributed by atoms with Gasteiger partial charge < -0.3 is 10.2 Å². The van der Waals surface area contributed by atoms with E-state index in [-0.39, 0.29) is 0 Å². The number of hydrogen-bond acceptors (Lipinski definition) is 2. The summed E-state index contributed by atoms with van der Waals surface area (Å²) in [5.41, 5.74) is 0. The highest BCUT2D eigenvalue weighted by molar-refractivity contribution is 4.82. The van der Waals surface area contributed by atoms with Crippen LogP contribution in [0.25, 0.3) is 0 Å². The molecule has 1 atom stereocenters. The van der Waals surface area contributed by atoms with E-state index in [0.717, 1.165) is 12.6 Å². The van der Waals surface area contributed by atoms with Gasteiger partial charge in [-0.05, 0) is 46.3 Å². The Morgan fingerprint density at radius 2 is 2.17 bits per heavy atom. The van der Waals surface area contributed by atoms with Gasteiger partial charge in [-0.25, -0.2) is 0 Å². The topological polar surface area (TPSA) is 15.3 Å². The third kappa shape index (κ3) is 3.55. The molecule has 1 fully saturated rings. The molecule has 0 aromatic rings. The summed E-state index contributed by atoms with van der Waals surface area (Å²) in [6.07, 6.45) is 4.12. The van der Waals surface area contributed by atoms with Gasteiger partial charge in [-0.15, -0.1) is 0 Å². The lowest BCUT2D eigenvalue weighted by Crippen LogP contribution is -2.31. The van der Waals surface area contributed by atoms with Crippen LogP contribution in [0.15, 0.2) is 0 Å². The first-order valence-electron chi connectivity index (χ1n) is 5.17. The van der Waals surface area contributed by atoms with Gasteiger partial charge in [-0.3, -0.25) is 0 Å². The Bertz CT molecular complexity index is 121. The van der Waals surface area contributed by atoms with Crippen LogP contribution in [0, 0.1) is 0 Å². The van der Waals surface area contributed by atoms with Crippen LogP contribution in [0.3, 0.4) is 0 Å². The van der Waals surface area contributed by atoms with Crippen molar-refractivity contribution < 1.29 is 0 Å². The smallest absolute Gasteiger partial charge is 0.00933 e. The summed E-state index contributed by atoms with van der Waals surface area (Å²) in [5, 5.41) is 3.43. The monoisotopic (exact) mass is 170 g/mol. The van der Waals surface area contributed by atoms with E-state index < -0.39 is 0 Å².